The Bertz CT molecular complexity index is 1000. The van der Waals surface area contributed by atoms with E-state index in [0.717, 1.165) is 29.9 Å². The van der Waals surface area contributed by atoms with Gasteiger partial charge >= 0.3 is 0 Å². The van der Waals surface area contributed by atoms with Crippen molar-refractivity contribution in [1.29, 1.82) is 0 Å². The minimum atomic E-state index is -0.261. The van der Waals surface area contributed by atoms with E-state index in [1.807, 2.05) is 49.9 Å². The molecule has 6 nitrogen and oxygen atoms in total. The fourth-order valence-corrected chi connectivity index (χ4v) is 3.99. The van der Waals surface area contributed by atoms with Crippen LogP contribution in [0.3, 0.4) is 0 Å². The maximum Gasteiger partial charge on any atom is 0.257 e. The molecule has 2 amide bonds. The first-order valence-electron chi connectivity index (χ1n) is 10.3. The molecule has 0 aromatic heterocycles. The van der Waals surface area contributed by atoms with Crippen LogP contribution in [0.15, 0.2) is 36.4 Å². The smallest absolute Gasteiger partial charge is 0.257 e. The summed E-state index contributed by atoms with van der Waals surface area (Å²) in [7, 11) is 0. The van der Waals surface area contributed by atoms with Crippen LogP contribution >= 0.6 is 23.8 Å². The van der Waals surface area contributed by atoms with E-state index in [1.165, 1.54) is 0 Å². The molecular formula is C23H27ClN4O2S. The molecule has 3 rings (SSSR count). The monoisotopic (exact) mass is 458 g/mol. The molecular weight excluding hydrogens is 432 g/mol. The third kappa shape index (κ3) is 5.74. The number of halogens is 1. The van der Waals surface area contributed by atoms with Gasteiger partial charge in [0.1, 0.15) is 0 Å². The summed E-state index contributed by atoms with van der Waals surface area (Å²) in [6.07, 6.45) is 0.529. The molecule has 1 aliphatic rings. The standard InChI is InChI=1S/C23H27ClN4O2S/c1-4-21(29)28-11-9-27(10-12-28)20-8-7-18(14-19(20)24)25-23(31)26-22(30)17-6-5-15(2)16(3)13-17/h5-8,13-14H,4,9-12H2,1-3H3,(H2,25,26,30,31). The second-order valence-electron chi connectivity index (χ2n) is 7.59. The molecule has 164 valence electrons. The number of hydrogen-bond donors (Lipinski definition) is 2. The molecule has 2 aromatic carbocycles. The second kappa shape index (κ2) is 10.1. The first-order valence-corrected chi connectivity index (χ1v) is 11.1. The van der Waals surface area contributed by atoms with Crippen molar-refractivity contribution in [2.24, 2.45) is 0 Å². The number of hydrogen-bond acceptors (Lipinski definition) is 4. The van der Waals surface area contributed by atoms with E-state index in [1.54, 1.807) is 12.1 Å². The normalized spacial score (nSPS) is 13.7. The van der Waals surface area contributed by atoms with E-state index in [0.29, 0.717) is 35.8 Å². The highest BCUT2D eigenvalue weighted by Gasteiger charge is 2.21. The van der Waals surface area contributed by atoms with Gasteiger partial charge in [-0.15, -0.1) is 0 Å². The van der Waals surface area contributed by atoms with E-state index in [-0.39, 0.29) is 16.9 Å². The molecule has 0 aliphatic carbocycles. The van der Waals surface area contributed by atoms with Gasteiger partial charge in [-0.25, -0.2) is 0 Å². The molecule has 0 saturated carbocycles. The Labute approximate surface area is 193 Å². The molecule has 0 bridgehead atoms. The number of carbonyl (C=O) groups excluding carboxylic acids is 2. The van der Waals surface area contributed by atoms with Crippen LogP contribution in [0.2, 0.25) is 5.02 Å². The van der Waals surface area contributed by atoms with Gasteiger partial charge in [-0.3, -0.25) is 14.9 Å². The number of rotatable bonds is 4. The highest BCUT2D eigenvalue weighted by atomic mass is 35.5. The van der Waals surface area contributed by atoms with Crippen LogP contribution in [0.25, 0.3) is 0 Å². The van der Waals surface area contributed by atoms with Crippen LogP contribution in [0.4, 0.5) is 11.4 Å². The number of aryl methyl sites for hydroxylation is 2. The SMILES string of the molecule is CCC(=O)N1CCN(c2ccc(NC(=S)NC(=O)c3ccc(C)c(C)c3)cc2Cl)CC1. The quantitative estimate of drug-likeness (QED) is 0.674. The highest BCUT2D eigenvalue weighted by molar-refractivity contribution is 7.80. The molecule has 1 aliphatic heterocycles. The topological polar surface area (TPSA) is 64.7 Å². The number of anilines is 2. The Morgan fingerprint density at radius 3 is 2.35 bits per heavy atom. The summed E-state index contributed by atoms with van der Waals surface area (Å²) < 4.78 is 0. The molecule has 8 heteroatoms. The summed E-state index contributed by atoms with van der Waals surface area (Å²) in [5.41, 5.74) is 4.35. The third-order valence-electron chi connectivity index (χ3n) is 5.48. The maximum atomic E-state index is 12.4. The van der Waals surface area contributed by atoms with Crippen molar-refractivity contribution in [2.45, 2.75) is 27.2 Å². The molecule has 0 atom stereocenters. The van der Waals surface area contributed by atoms with Crippen molar-refractivity contribution in [3.05, 3.63) is 58.1 Å². The van der Waals surface area contributed by atoms with Gasteiger partial charge < -0.3 is 15.1 Å². The molecule has 0 unspecified atom stereocenters. The van der Waals surface area contributed by atoms with E-state index in [9.17, 15) is 9.59 Å². The van der Waals surface area contributed by atoms with Gasteiger partial charge in [0.25, 0.3) is 5.91 Å². The first kappa shape index (κ1) is 23.0. The van der Waals surface area contributed by atoms with Gasteiger partial charge in [0.05, 0.1) is 10.7 Å². The number of nitrogens with one attached hydrogen (secondary N) is 2. The van der Waals surface area contributed by atoms with Gasteiger partial charge in [-0.05, 0) is 67.5 Å². The number of benzene rings is 2. The lowest BCUT2D eigenvalue weighted by molar-refractivity contribution is -0.131. The largest absolute Gasteiger partial charge is 0.367 e. The Morgan fingerprint density at radius 1 is 1.03 bits per heavy atom. The summed E-state index contributed by atoms with van der Waals surface area (Å²) in [6.45, 7) is 8.71. The molecule has 0 spiro atoms. The van der Waals surface area contributed by atoms with Crippen LogP contribution < -0.4 is 15.5 Å². The Kier molecular flexibility index (Phi) is 7.51. The van der Waals surface area contributed by atoms with Crippen LogP contribution in [0.5, 0.6) is 0 Å². The molecule has 1 heterocycles. The summed E-state index contributed by atoms with van der Waals surface area (Å²) >= 11 is 11.8. The lowest BCUT2D eigenvalue weighted by Crippen LogP contribution is -2.48. The van der Waals surface area contributed by atoms with Crippen molar-refractivity contribution in [3.63, 3.8) is 0 Å². The van der Waals surface area contributed by atoms with Gasteiger partial charge in [-0.2, -0.15) is 0 Å². The fourth-order valence-electron chi connectivity index (χ4n) is 3.48. The van der Waals surface area contributed by atoms with Gasteiger partial charge in [0.2, 0.25) is 5.91 Å². The van der Waals surface area contributed by atoms with E-state index in [4.69, 9.17) is 23.8 Å². The first-order chi connectivity index (χ1) is 14.8. The summed E-state index contributed by atoms with van der Waals surface area (Å²) in [5.74, 6) is -0.0792. The number of amides is 2. The summed E-state index contributed by atoms with van der Waals surface area (Å²) in [5, 5.41) is 6.51. The van der Waals surface area contributed by atoms with Crippen molar-refractivity contribution >= 4 is 52.1 Å². The predicted octanol–water partition coefficient (Wildman–Crippen LogP) is 4.14. The third-order valence-corrected chi connectivity index (χ3v) is 5.98. The van der Waals surface area contributed by atoms with E-state index < -0.39 is 0 Å². The number of nitrogens with zero attached hydrogens (tertiary/aromatic N) is 2. The van der Waals surface area contributed by atoms with Crippen molar-refractivity contribution < 1.29 is 9.59 Å². The van der Waals surface area contributed by atoms with Crippen molar-refractivity contribution in [2.75, 3.05) is 36.4 Å². The molecule has 0 radical (unpaired) electrons. The molecule has 2 aromatic rings. The molecule has 1 saturated heterocycles. The van der Waals surface area contributed by atoms with Gasteiger partial charge in [-0.1, -0.05) is 24.6 Å². The lowest BCUT2D eigenvalue weighted by Gasteiger charge is -2.36. The Hall–Kier alpha value is -2.64. The summed E-state index contributed by atoms with van der Waals surface area (Å²) in [4.78, 5) is 28.3. The predicted molar refractivity (Wildman–Crippen MR) is 130 cm³/mol. The molecule has 1 fully saturated rings. The Morgan fingerprint density at radius 2 is 1.74 bits per heavy atom. The highest BCUT2D eigenvalue weighted by Crippen LogP contribution is 2.29. The van der Waals surface area contributed by atoms with E-state index in [2.05, 4.69) is 15.5 Å². The van der Waals surface area contributed by atoms with Crippen molar-refractivity contribution in [1.82, 2.24) is 10.2 Å². The van der Waals surface area contributed by atoms with Crippen molar-refractivity contribution in [3.8, 4) is 0 Å². The zero-order valence-corrected chi connectivity index (χ0v) is 19.6. The number of carbonyl (C=O) groups is 2. The minimum Gasteiger partial charge on any atom is -0.367 e. The second-order valence-corrected chi connectivity index (χ2v) is 8.41. The van der Waals surface area contributed by atoms with Crippen LogP contribution in [-0.2, 0) is 4.79 Å². The fraction of sp³-hybridized carbons (Fsp3) is 0.348. The zero-order valence-electron chi connectivity index (χ0n) is 18.0. The van der Waals surface area contributed by atoms with Crippen LogP contribution in [0, 0.1) is 13.8 Å². The minimum absolute atomic E-state index is 0.182. The average Bonchev–Trinajstić information content (AvgIpc) is 2.75. The van der Waals surface area contributed by atoms with Crippen LogP contribution in [0.1, 0.15) is 34.8 Å². The summed E-state index contributed by atoms with van der Waals surface area (Å²) in [6, 6.07) is 11.1. The Balaban J connectivity index is 1.58. The van der Waals surface area contributed by atoms with Crippen LogP contribution in [-0.4, -0.2) is 48.0 Å². The maximum absolute atomic E-state index is 12.4. The lowest BCUT2D eigenvalue weighted by atomic mass is 10.1. The molecule has 2 N–H and O–H groups in total. The zero-order chi connectivity index (χ0) is 22.5. The number of piperazine rings is 1. The van der Waals surface area contributed by atoms with E-state index >= 15 is 0 Å². The number of thiocarbonyl (C=S) groups is 1. The average molecular weight is 459 g/mol. The van der Waals surface area contributed by atoms with Gasteiger partial charge in [0, 0.05) is 43.9 Å². The van der Waals surface area contributed by atoms with Gasteiger partial charge in [0.15, 0.2) is 5.11 Å². The molecule has 31 heavy (non-hydrogen) atoms.